The van der Waals surface area contributed by atoms with Gasteiger partial charge in [-0.25, -0.2) is 0 Å². The molecule has 1 N–H and O–H groups in total. The second kappa shape index (κ2) is 11.3. The summed E-state index contributed by atoms with van der Waals surface area (Å²) in [6, 6.07) is 7.75. The summed E-state index contributed by atoms with van der Waals surface area (Å²) in [5.74, 6) is 0.957. The van der Waals surface area contributed by atoms with Crippen LogP contribution in [0.1, 0.15) is 38.2 Å². The van der Waals surface area contributed by atoms with Gasteiger partial charge in [0.25, 0.3) is 0 Å². The van der Waals surface area contributed by atoms with Crippen molar-refractivity contribution in [3.63, 3.8) is 0 Å². The largest absolute Gasteiger partial charge is 0.494 e. The van der Waals surface area contributed by atoms with Crippen molar-refractivity contribution in [2.24, 2.45) is 0 Å². The molecule has 0 aliphatic carbocycles. The number of amides is 1. The van der Waals surface area contributed by atoms with Crippen LogP contribution in [0.2, 0.25) is 0 Å². The molecular formula is C18H29ClN2O2. The molecule has 1 aromatic carbocycles. The van der Waals surface area contributed by atoms with E-state index in [1.54, 1.807) is 0 Å². The lowest BCUT2D eigenvalue weighted by Gasteiger charge is -2.14. The number of halogens is 1. The highest BCUT2D eigenvalue weighted by molar-refractivity contribution is 5.85. The van der Waals surface area contributed by atoms with Gasteiger partial charge in [-0.15, -0.1) is 12.4 Å². The molecule has 4 nitrogen and oxygen atoms in total. The molecule has 130 valence electrons. The lowest BCUT2D eigenvalue weighted by Crippen LogP contribution is -2.27. The molecule has 1 amide bonds. The van der Waals surface area contributed by atoms with Crippen LogP contribution in [0.3, 0.4) is 0 Å². The monoisotopic (exact) mass is 340 g/mol. The number of carbonyl (C=O) groups excluding carboxylic acids is 1. The molecule has 0 spiro atoms. The van der Waals surface area contributed by atoms with Crippen LogP contribution in [0, 0.1) is 0 Å². The number of ether oxygens (including phenoxy) is 1. The normalized spacial score (nSPS) is 14.3. The van der Waals surface area contributed by atoms with Gasteiger partial charge in [0.1, 0.15) is 5.75 Å². The Morgan fingerprint density at radius 1 is 1.17 bits per heavy atom. The van der Waals surface area contributed by atoms with E-state index in [1.807, 2.05) is 31.2 Å². The third-order valence-electron chi connectivity index (χ3n) is 4.02. The van der Waals surface area contributed by atoms with Crippen molar-refractivity contribution in [3.8, 4) is 5.75 Å². The molecule has 0 unspecified atom stereocenters. The first-order valence-electron chi connectivity index (χ1n) is 8.48. The van der Waals surface area contributed by atoms with Crippen molar-refractivity contribution >= 4 is 18.3 Å². The molecule has 2 rings (SSSR count). The quantitative estimate of drug-likeness (QED) is 0.702. The number of nitrogens with zero attached hydrogens (tertiary/aromatic N) is 1. The molecule has 1 aliphatic rings. The maximum Gasteiger partial charge on any atom is 0.224 e. The van der Waals surface area contributed by atoms with E-state index in [2.05, 4.69) is 10.2 Å². The molecule has 1 heterocycles. The Morgan fingerprint density at radius 3 is 2.52 bits per heavy atom. The van der Waals surface area contributed by atoms with E-state index in [0.717, 1.165) is 24.3 Å². The van der Waals surface area contributed by atoms with E-state index in [-0.39, 0.29) is 18.3 Å². The highest BCUT2D eigenvalue weighted by atomic mass is 35.5. The predicted molar refractivity (Wildman–Crippen MR) is 96.5 cm³/mol. The van der Waals surface area contributed by atoms with Gasteiger partial charge < -0.3 is 15.0 Å². The van der Waals surface area contributed by atoms with Crippen LogP contribution in [0.4, 0.5) is 0 Å². The van der Waals surface area contributed by atoms with Crippen molar-refractivity contribution < 1.29 is 9.53 Å². The number of carbonyl (C=O) groups is 1. The van der Waals surface area contributed by atoms with Crippen molar-refractivity contribution in [1.82, 2.24) is 10.2 Å². The number of hydrogen-bond donors (Lipinski definition) is 1. The minimum atomic E-state index is 0. The second-order valence-electron chi connectivity index (χ2n) is 5.86. The van der Waals surface area contributed by atoms with Gasteiger partial charge in [0, 0.05) is 6.54 Å². The van der Waals surface area contributed by atoms with Gasteiger partial charge >= 0.3 is 0 Å². The Hall–Kier alpha value is -1.26. The molecular weight excluding hydrogens is 312 g/mol. The van der Waals surface area contributed by atoms with Gasteiger partial charge in [-0.3, -0.25) is 4.79 Å². The number of benzene rings is 1. The summed E-state index contributed by atoms with van der Waals surface area (Å²) in [5.41, 5.74) is 1.03. The Kier molecular flexibility index (Phi) is 9.72. The fraction of sp³-hybridized carbons (Fsp3) is 0.611. The summed E-state index contributed by atoms with van der Waals surface area (Å²) < 4.78 is 5.40. The Bertz CT molecular complexity index is 445. The highest BCUT2D eigenvalue weighted by Crippen LogP contribution is 2.12. The molecule has 0 atom stereocenters. The predicted octanol–water partition coefficient (Wildman–Crippen LogP) is 3.04. The number of unbranched alkanes of at least 4 members (excludes halogenated alkanes) is 1. The average Bonchev–Trinajstić information content (AvgIpc) is 3.02. The zero-order chi connectivity index (χ0) is 15.6. The summed E-state index contributed by atoms with van der Waals surface area (Å²) in [4.78, 5) is 14.4. The fourth-order valence-electron chi connectivity index (χ4n) is 2.81. The van der Waals surface area contributed by atoms with E-state index in [4.69, 9.17) is 4.74 Å². The van der Waals surface area contributed by atoms with Crippen LogP contribution in [0.25, 0.3) is 0 Å². The molecule has 1 saturated heterocycles. The van der Waals surface area contributed by atoms with Crippen molar-refractivity contribution in [1.29, 1.82) is 0 Å². The Balaban J connectivity index is 0.00000264. The molecule has 5 heteroatoms. The first kappa shape index (κ1) is 19.8. The topological polar surface area (TPSA) is 41.6 Å². The standard InChI is InChI=1S/C18H28N2O2.ClH/c1-2-22-17-9-7-16(8-10-17)15-18(21)19-11-3-4-12-20-13-5-6-14-20;/h7-10H,2-6,11-15H2,1H3,(H,19,21);1H. The summed E-state index contributed by atoms with van der Waals surface area (Å²) in [5, 5.41) is 3.01. The third-order valence-corrected chi connectivity index (χ3v) is 4.02. The molecule has 1 aromatic rings. The molecule has 1 aliphatic heterocycles. The van der Waals surface area contributed by atoms with E-state index >= 15 is 0 Å². The van der Waals surface area contributed by atoms with Gasteiger partial charge in [0.2, 0.25) is 5.91 Å². The molecule has 0 saturated carbocycles. The molecule has 23 heavy (non-hydrogen) atoms. The average molecular weight is 341 g/mol. The van der Waals surface area contributed by atoms with Gasteiger partial charge in [0.15, 0.2) is 0 Å². The summed E-state index contributed by atoms with van der Waals surface area (Å²) in [6.07, 6.45) is 5.37. The minimum Gasteiger partial charge on any atom is -0.494 e. The second-order valence-corrected chi connectivity index (χ2v) is 5.86. The fourth-order valence-corrected chi connectivity index (χ4v) is 2.81. The van der Waals surface area contributed by atoms with Crippen molar-refractivity contribution in [3.05, 3.63) is 29.8 Å². The molecule has 0 bridgehead atoms. The van der Waals surface area contributed by atoms with Crippen molar-refractivity contribution in [2.45, 2.75) is 39.0 Å². The first-order valence-corrected chi connectivity index (χ1v) is 8.48. The van der Waals surface area contributed by atoms with Crippen molar-refractivity contribution in [2.75, 3.05) is 32.8 Å². The number of likely N-dealkylation sites (tertiary alicyclic amines) is 1. The zero-order valence-electron chi connectivity index (χ0n) is 14.1. The minimum absolute atomic E-state index is 0. The van der Waals surface area contributed by atoms with Gasteiger partial charge in [-0.1, -0.05) is 12.1 Å². The highest BCUT2D eigenvalue weighted by Gasteiger charge is 2.10. The lowest BCUT2D eigenvalue weighted by atomic mass is 10.1. The van der Waals surface area contributed by atoms with E-state index in [1.165, 1.54) is 38.9 Å². The smallest absolute Gasteiger partial charge is 0.224 e. The Morgan fingerprint density at radius 2 is 1.87 bits per heavy atom. The van der Waals surface area contributed by atoms with Crippen LogP contribution >= 0.6 is 12.4 Å². The SMILES string of the molecule is CCOc1ccc(CC(=O)NCCCCN2CCCC2)cc1.Cl. The molecule has 1 fully saturated rings. The Labute approximate surface area is 146 Å². The van der Waals surface area contributed by atoms with Gasteiger partial charge in [-0.05, 0) is 69.9 Å². The number of rotatable bonds is 9. The first-order chi connectivity index (χ1) is 10.8. The van der Waals surface area contributed by atoms with Crippen LogP contribution in [-0.2, 0) is 11.2 Å². The molecule has 0 radical (unpaired) electrons. The maximum atomic E-state index is 11.9. The molecule has 0 aromatic heterocycles. The third kappa shape index (κ3) is 7.71. The maximum absolute atomic E-state index is 11.9. The van der Waals surface area contributed by atoms with Crippen LogP contribution in [-0.4, -0.2) is 43.6 Å². The summed E-state index contributed by atoms with van der Waals surface area (Å²) in [7, 11) is 0. The number of nitrogens with one attached hydrogen (secondary N) is 1. The van der Waals surface area contributed by atoms with Crippen LogP contribution < -0.4 is 10.1 Å². The van der Waals surface area contributed by atoms with Crippen LogP contribution in [0.5, 0.6) is 5.75 Å². The van der Waals surface area contributed by atoms with Gasteiger partial charge in [0.05, 0.1) is 13.0 Å². The number of hydrogen-bond acceptors (Lipinski definition) is 3. The van der Waals surface area contributed by atoms with E-state index < -0.39 is 0 Å². The summed E-state index contributed by atoms with van der Waals surface area (Å²) in [6.45, 7) is 7.09. The zero-order valence-corrected chi connectivity index (χ0v) is 14.9. The van der Waals surface area contributed by atoms with E-state index in [9.17, 15) is 4.79 Å². The summed E-state index contributed by atoms with van der Waals surface area (Å²) >= 11 is 0. The van der Waals surface area contributed by atoms with Crippen LogP contribution in [0.15, 0.2) is 24.3 Å². The van der Waals surface area contributed by atoms with E-state index in [0.29, 0.717) is 13.0 Å². The van der Waals surface area contributed by atoms with Gasteiger partial charge in [-0.2, -0.15) is 0 Å². The lowest BCUT2D eigenvalue weighted by molar-refractivity contribution is -0.120.